The topological polar surface area (TPSA) is 51.7 Å². The first-order valence-electron chi connectivity index (χ1n) is 7.16. The van der Waals surface area contributed by atoms with Crippen LogP contribution in [-0.2, 0) is 16.1 Å². The van der Waals surface area contributed by atoms with Crippen LogP contribution in [0.2, 0.25) is 0 Å². The van der Waals surface area contributed by atoms with E-state index in [1.54, 1.807) is 25.4 Å². The van der Waals surface area contributed by atoms with Crippen LogP contribution in [0.1, 0.15) is 12.6 Å². The summed E-state index contributed by atoms with van der Waals surface area (Å²) in [5.74, 6) is 0.563. The molecule has 5 nitrogen and oxygen atoms in total. The van der Waals surface area contributed by atoms with Crippen molar-refractivity contribution >= 4 is 33.2 Å². The quantitative estimate of drug-likeness (QED) is 0.667. The molecular formula is C16H19BrN2O3S. The zero-order valence-electron chi connectivity index (χ0n) is 13.3. The van der Waals surface area contributed by atoms with Crippen molar-refractivity contribution in [1.82, 2.24) is 9.88 Å². The Morgan fingerprint density at radius 3 is 2.91 bits per heavy atom. The molecule has 23 heavy (non-hydrogen) atoms. The average molecular weight is 399 g/mol. The number of aromatic nitrogens is 1. The fraction of sp³-hybridized carbons (Fsp3) is 0.375. The molecular weight excluding hydrogens is 380 g/mol. The first-order chi connectivity index (χ1) is 11.0. The molecule has 0 saturated carbocycles. The second-order valence-corrected chi connectivity index (χ2v) is 6.74. The Bertz CT molecular complexity index is 675. The van der Waals surface area contributed by atoms with Crippen LogP contribution in [0.5, 0.6) is 5.75 Å². The minimum Gasteiger partial charge on any atom is -0.496 e. The summed E-state index contributed by atoms with van der Waals surface area (Å²) in [4.78, 5) is 18.0. The number of carbonyl (C=O) groups is 1. The Kier molecular flexibility index (Phi) is 6.56. The molecule has 124 valence electrons. The van der Waals surface area contributed by atoms with Crippen molar-refractivity contribution in [2.75, 3.05) is 27.3 Å². The van der Waals surface area contributed by atoms with Gasteiger partial charge in [-0.15, -0.1) is 11.3 Å². The van der Waals surface area contributed by atoms with Gasteiger partial charge in [0, 0.05) is 16.4 Å². The summed E-state index contributed by atoms with van der Waals surface area (Å²) in [6, 6.07) is 5.83. The van der Waals surface area contributed by atoms with Crippen molar-refractivity contribution in [3.63, 3.8) is 0 Å². The normalized spacial score (nSPS) is 10.8. The van der Waals surface area contributed by atoms with Gasteiger partial charge in [0.25, 0.3) is 0 Å². The number of methoxy groups -OCH3 is 1. The van der Waals surface area contributed by atoms with E-state index in [-0.39, 0.29) is 12.5 Å². The van der Waals surface area contributed by atoms with Gasteiger partial charge in [-0.25, -0.2) is 4.98 Å². The second kappa shape index (κ2) is 8.42. The highest BCUT2D eigenvalue weighted by molar-refractivity contribution is 9.10. The minimum absolute atomic E-state index is 0.223. The smallest absolute Gasteiger partial charge is 0.320 e. The highest BCUT2D eigenvalue weighted by atomic mass is 79.9. The first kappa shape index (κ1) is 17.9. The zero-order chi connectivity index (χ0) is 16.8. The lowest BCUT2D eigenvalue weighted by Crippen LogP contribution is -2.27. The van der Waals surface area contributed by atoms with E-state index in [0.717, 1.165) is 26.5 Å². The summed E-state index contributed by atoms with van der Waals surface area (Å²) in [5.41, 5.74) is 1.87. The van der Waals surface area contributed by atoms with Crippen LogP contribution in [0.4, 0.5) is 0 Å². The highest BCUT2D eigenvalue weighted by Crippen LogP contribution is 2.34. The lowest BCUT2D eigenvalue weighted by Gasteiger charge is -2.13. The summed E-state index contributed by atoms with van der Waals surface area (Å²) in [6.07, 6.45) is 0. The molecule has 0 aliphatic rings. The Morgan fingerprint density at radius 1 is 1.43 bits per heavy atom. The van der Waals surface area contributed by atoms with Crippen molar-refractivity contribution in [3.8, 4) is 16.3 Å². The maximum Gasteiger partial charge on any atom is 0.320 e. The molecule has 0 aliphatic heterocycles. The van der Waals surface area contributed by atoms with Crippen LogP contribution >= 0.6 is 27.3 Å². The van der Waals surface area contributed by atoms with Crippen LogP contribution in [0.15, 0.2) is 28.1 Å². The molecule has 0 saturated heterocycles. The van der Waals surface area contributed by atoms with Crippen molar-refractivity contribution in [1.29, 1.82) is 0 Å². The molecule has 0 fully saturated rings. The lowest BCUT2D eigenvalue weighted by atomic mass is 10.2. The number of hydrogen-bond acceptors (Lipinski definition) is 6. The maximum absolute atomic E-state index is 11.5. The maximum atomic E-state index is 11.5. The van der Waals surface area contributed by atoms with Crippen molar-refractivity contribution in [3.05, 3.63) is 33.7 Å². The van der Waals surface area contributed by atoms with Crippen LogP contribution in [0, 0.1) is 0 Å². The van der Waals surface area contributed by atoms with E-state index in [1.165, 1.54) is 0 Å². The molecule has 0 amide bonds. The van der Waals surface area contributed by atoms with Crippen LogP contribution < -0.4 is 4.74 Å². The summed E-state index contributed by atoms with van der Waals surface area (Å²) >= 11 is 5.03. The van der Waals surface area contributed by atoms with Crippen molar-refractivity contribution in [2.45, 2.75) is 13.5 Å². The van der Waals surface area contributed by atoms with Gasteiger partial charge in [0.05, 0.1) is 31.5 Å². The molecule has 2 rings (SSSR count). The first-order valence-corrected chi connectivity index (χ1v) is 8.83. The van der Waals surface area contributed by atoms with Gasteiger partial charge in [-0.2, -0.15) is 0 Å². The molecule has 1 aromatic carbocycles. The number of benzene rings is 1. The molecule has 0 bridgehead atoms. The number of ether oxygens (including phenoxy) is 2. The van der Waals surface area contributed by atoms with E-state index < -0.39 is 0 Å². The molecule has 1 aromatic heterocycles. The minimum atomic E-state index is -0.223. The van der Waals surface area contributed by atoms with Gasteiger partial charge in [0.2, 0.25) is 0 Å². The van der Waals surface area contributed by atoms with Gasteiger partial charge in [0.15, 0.2) is 0 Å². The monoisotopic (exact) mass is 398 g/mol. The summed E-state index contributed by atoms with van der Waals surface area (Å²) in [5, 5.41) is 2.89. The number of nitrogens with zero attached hydrogens (tertiary/aromatic N) is 2. The third-order valence-electron chi connectivity index (χ3n) is 3.08. The van der Waals surface area contributed by atoms with E-state index in [0.29, 0.717) is 13.2 Å². The Labute approximate surface area is 148 Å². The molecule has 0 N–H and O–H groups in total. The molecule has 1 heterocycles. The Balaban J connectivity index is 2.09. The van der Waals surface area contributed by atoms with Gasteiger partial charge >= 0.3 is 5.97 Å². The van der Waals surface area contributed by atoms with E-state index in [9.17, 15) is 4.79 Å². The van der Waals surface area contributed by atoms with E-state index in [1.807, 2.05) is 35.5 Å². The lowest BCUT2D eigenvalue weighted by molar-refractivity contribution is -0.144. The number of likely N-dealkylation sites (N-methyl/N-ethyl adjacent to an activating group) is 1. The SMILES string of the molecule is CCOC(=O)CN(C)Cc1csc(-c2cc(Br)ccc2OC)n1. The van der Waals surface area contributed by atoms with Crippen LogP contribution in [-0.4, -0.2) is 43.2 Å². The summed E-state index contributed by atoms with van der Waals surface area (Å²) in [7, 11) is 3.52. The van der Waals surface area contributed by atoms with Gasteiger partial charge in [-0.1, -0.05) is 15.9 Å². The number of halogens is 1. The fourth-order valence-corrected chi connectivity index (χ4v) is 3.30. The van der Waals surface area contributed by atoms with Crippen molar-refractivity contribution in [2.24, 2.45) is 0 Å². The summed E-state index contributed by atoms with van der Waals surface area (Å²) < 4.78 is 11.3. The largest absolute Gasteiger partial charge is 0.496 e. The predicted molar refractivity (Wildman–Crippen MR) is 94.8 cm³/mol. The van der Waals surface area contributed by atoms with E-state index in [2.05, 4.69) is 20.9 Å². The number of esters is 1. The van der Waals surface area contributed by atoms with E-state index in [4.69, 9.17) is 9.47 Å². The molecule has 0 atom stereocenters. The molecule has 2 aromatic rings. The molecule has 0 aliphatic carbocycles. The van der Waals surface area contributed by atoms with Gasteiger partial charge < -0.3 is 9.47 Å². The number of thiazole rings is 1. The molecule has 7 heteroatoms. The molecule has 0 radical (unpaired) electrons. The fourth-order valence-electron chi connectivity index (χ4n) is 2.11. The predicted octanol–water partition coefficient (Wildman–Crippen LogP) is 3.58. The van der Waals surface area contributed by atoms with Crippen LogP contribution in [0.3, 0.4) is 0 Å². The average Bonchev–Trinajstić information content (AvgIpc) is 2.95. The van der Waals surface area contributed by atoms with Crippen LogP contribution in [0.25, 0.3) is 10.6 Å². The Hall–Kier alpha value is -1.44. The summed E-state index contributed by atoms with van der Waals surface area (Å²) in [6.45, 7) is 3.04. The zero-order valence-corrected chi connectivity index (χ0v) is 15.7. The molecule has 0 spiro atoms. The highest BCUT2D eigenvalue weighted by Gasteiger charge is 2.13. The third kappa shape index (κ3) is 5.02. The number of hydrogen-bond donors (Lipinski definition) is 0. The van der Waals surface area contributed by atoms with Gasteiger partial charge in [-0.05, 0) is 32.2 Å². The van der Waals surface area contributed by atoms with Gasteiger partial charge in [0.1, 0.15) is 10.8 Å². The second-order valence-electron chi connectivity index (χ2n) is 4.97. The Morgan fingerprint density at radius 2 is 2.22 bits per heavy atom. The number of carbonyl (C=O) groups excluding carboxylic acids is 1. The standard InChI is InChI=1S/C16H19BrN2O3S/c1-4-22-15(20)9-19(2)8-12-10-23-16(18-12)13-7-11(17)5-6-14(13)21-3/h5-7,10H,4,8-9H2,1-3H3. The third-order valence-corrected chi connectivity index (χ3v) is 4.50. The van der Waals surface area contributed by atoms with Gasteiger partial charge in [-0.3, -0.25) is 9.69 Å². The number of rotatable bonds is 7. The van der Waals surface area contributed by atoms with E-state index >= 15 is 0 Å². The molecule has 0 unspecified atom stereocenters. The van der Waals surface area contributed by atoms with Crippen molar-refractivity contribution < 1.29 is 14.3 Å².